The number of aromatic nitrogens is 5. The Labute approximate surface area is 216 Å². The second-order valence-corrected chi connectivity index (χ2v) is 8.18. The molecular formula is C26H16F6N6O. The maximum Gasteiger partial charge on any atom is 0.433 e. The first kappa shape index (κ1) is 25.8. The van der Waals surface area contributed by atoms with Crippen LogP contribution < -0.4 is 10.1 Å². The van der Waals surface area contributed by atoms with Gasteiger partial charge < -0.3 is 10.1 Å². The summed E-state index contributed by atoms with van der Waals surface area (Å²) in [5.74, 6) is 0.148. The molecule has 7 nitrogen and oxygen atoms in total. The lowest BCUT2D eigenvalue weighted by Crippen LogP contribution is -2.08. The Hall–Kier alpha value is -4.81. The number of benzene rings is 1. The Kier molecular flexibility index (Phi) is 6.73. The molecule has 0 amide bonds. The van der Waals surface area contributed by atoms with Gasteiger partial charge in [0.1, 0.15) is 18.1 Å². The molecule has 0 bridgehead atoms. The van der Waals surface area contributed by atoms with Crippen molar-refractivity contribution >= 4 is 22.4 Å². The number of pyridine rings is 3. The first-order valence-electron chi connectivity index (χ1n) is 11.2. The van der Waals surface area contributed by atoms with Crippen molar-refractivity contribution < 1.29 is 31.1 Å². The highest BCUT2D eigenvalue weighted by Gasteiger charge is 2.34. The van der Waals surface area contributed by atoms with Crippen LogP contribution in [0.5, 0.6) is 6.01 Å². The number of alkyl halides is 6. The van der Waals surface area contributed by atoms with Crippen molar-refractivity contribution in [1.29, 1.82) is 0 Å². The van der Waals surface area contributed by atoms with Crippen molar-refractivity contribution in [3.8, 4) is 17.3 Å². The maximum atomic E-state index is 13.6. The summed E-state index contributed by atoms with van der Waals surface area (Å²) in [6, 6.07) is 11.8. The van der Waals surface area contributed by atoms with E-state index in [4.69, 9.17) is 4.74 Å². The van der Waals surface area contributed by atoms with E-state index in [2.05, 4.69) is 30.2 Å². The minimum absolute atomic E-state index is 0.0630. The van der Waals surface area contributed by atoms with Gasteiger partial charge in [-0.1, -0.05) is 6.07 Å². The fourth-order valence-corrected chi connectivity index (χ4v) is 3.68. The van der Waals surface area contributed by atoms with Crippen molar-refractivity contribution in [2.75, 3.05) is 5.32 Å². The molecule has 39 heavy (non-hydrogen) atoms. The zero-order valence-corrected chi connectivity index (χ0v) is 19.6. The third kappa shape index (κ3) is 5.87. The van der Waals surface area contributed by atoms with Gasteiger partial charge in [0.25, 0.3) is 0 Å². The van der Waals surface area contributed by atoms with E-state index in [1.807, 2.05) is 0 Å². The highest BCUT2D eigenvalue weighted by atomic mass is 19.4. The summed E-state index contributed by atoms with van der Waals surface area (Å²) >= 11 is 0. The van der Waals surface area contributed by atoms with Gasteiger partial charge in [0.15, 0.2) is 0 Å². The van der Waals surface area contributed by atoms with Crippen LogP contribution >= 0.6 is 0 Å². The van der Waals surface area contributed by atoms with Crippen LogP contribution in [0, 0.1) is 0 Å². The van der Waals surface area contributed by atoms with Crippen LogP contribution in [-0.2, 0) is 19.0 Å². The molecule has 0 saturated heterocycles. The van der Waals surface area contributed by atoms with E-state index < -0.39 is 23.6 Å². The quantitative estimate of drug-likeness (QED) is 0.235. The number of hydrogen-bond donors (Lipinski definition) is 1. The summed E-state index contributed by atoms with van der Waals surface area (Å²) in [6.45, 7) is 0.0630. The van der Waals surface area contributed by atoms with E-state index in [1.54, 1.807) is 24.5 Å². The molecule has 5 aromatic rings. The average Bonchev–Trinajstić information content (AvgIpc) is 2.91. The average molecular weight is 542 g/mol. The molecule has 13 heteroatoms. The van der Waals surface area contributed by atoms with Gasteiger partial charge in [-0.05, 0) is 54.1 Å². The van der Waals surface area contributed by atoms with Crippen LogP contribution in [0.2, 0.25) is 0 Å². The topological polar surface area (TPSA) is 85.7 Å². The van der Waals surface area contributed by atoms with Crippen LogP contribution in [0.4, 0.5) is 37.8 Å². The Bertz CT molecular complexity index is 1610. The minimum Gasteiger partial charge on any atom is -0.459 e. The van der Waals surface area contributed by atoms with Crippen molar-refractivity contribution in [2.24, 2.45) is 0 Å². The molecular weight excluding hydrogens is 526 g/mol. The number of halogens is 6. The number of ether oxygens (including phenoxy) is 1. The van der Waals surface area contributed by atoms with Crippen molar-refractivity contribution in [1.82, 2.24) is 24.9 Å². The molecule has 0 spiro atoms. The van der Waals surface area contributed by atoms with Crippen molar-refractivity contribution in [3.63, 3.8) is 0 Å². The minimum atomic E-state index is -4.63. The van der Waals surface area contributed by atoms with Gasteiger partial charge in [0.05, 0.1) is 28.7 Å². The fourth-order valence-electron chi connectivity index (χ4n) is 3.68. The third-order valence-electron chi connectivity index (χ3n) is 5.50. The molecule has 1 aromatic carbocycles. The second-order valence-electron chi connectivity index (χ2n) is 8.18. The number of rotatable bonds is 6. The molecule has 0 saturated carbocycles. The van der Waals surface area contributed by atoms with Crippen LogP contribution in [0.3, 0.4) is 0 Å². The normalized spacial score (nSPS) is 11.9. The number of hydrogen-bond acceptors (Lipinski definition) is 7. The summed E-state index contributed by atoms with van der Waals surface area (Å²) in [5.41, 5.74) is -0.955. The SMILES string of the molecule is FC(F)(F)c1ccc(Nc2nc(OCc3ccncc3)nc3cc(-c4ncccc4C(F)(F)F)ccc23)cn1. The van der Waals surface area contributed by atoms with Crippen molar-refractivity contribution in [3.05, 3.63) is 96.2 Å². The number of nitrogens with zero attached hydrogens (tertiary/aromatic N) is 5. The van der Waals surface area contributed by atoms with E-state index in [0.29, 0.717) is 5.39 Å². The van der Waals surface area contributed by atoms with Crippen molar-refractivity contribution in [2.45, 2.75) is 19.0 Å². The van der Waals surface area contributed by atoms with Gasteiger partial charge in [0.2, 0.25) is 0 Å². The molecule has 0 aliphatic heterocycles. The Balaban J connectivity index is 1.56. The highest BCUT2D eigenvalue weighted by molar-refractivity contribution is 5.93. The molecule has 0 unspecified atom stereocenters. The molecule has 0 aliphatic rings. The lowest BCUT2D eigenvalue weighted by molar-refractivity contribution is -0.141. The molecule has 0 radical (unpaired) electrons. The van der Waals surface area contributed by atoms with Gasteiger partial charge >= 0.3 is 18.4 Å². The van der Waals surface area contributed by atoms with Gasteiger partial charge in [-0.15, -0.1) is 0 Å². The maximum absolute atomic E-state index is 13.6. The van der Waals surface area contributed by atoms with E-state index in [0.717, 1.165) is 23.9 Å². The molecule has 4 aromatic heterocycles. The third-order valence-corrected chi connectivity index (χ3v) is 5.50. The smallest absolute Gasteiger partial charge is 0.433 e. The lowest BCUT2D eigenvalue weighted by Gasteiger charge is -2.14. The van der Waals surface area contributed by atoms with Gasteiger partial charge in [-0.2, -0.15) is 36.3 Å². The Morgan fingerprint density at radius 2 is 1.59 bits per heavy atom. The summed E-state index contributed by atoms with van der Waals surface area (Å²) in [5, 5.41) is 3.27. The van der Waals surface area contributed by atoms with Crippen LogP contribution in [0.25, 0.3) is 22.2 Å². The molecule has 0 aliphatic carbocycles. The van der Waals surface area contributed by atoms with Gasteiger partial charge in [0, 0.05) is 29.5 Å². The van der Waals surface area contributed by atoms with E-state index in [1.165, 1.54) is 36.5 Å². The van der Waals surface area contributed by atoms with E-state index in [-0.39, 0.29) is 40.9 Å². The molecule has 198 valence electrons. The molecule has 4 heterocycles. The lowest BCUT2D eigenvalue weighted by atomic mass is 10.0. The molecule has 0 fully saturated rings. The standard InChI is InChI=1S/C26H16F6N6O/c27-25(28,29)19-2-1-9-34-22(19)16-3-5-18-20(12-16)37-24(39-14-15-7-10-33-11-8-15)38-23(18)36-17-4-6-21(35-13-17)26(30,31)32/h1-13H,14H2,(H,36,37,38). The Morgan fingerprint density at radius 1 is 0.795 bits per heavy atom. The van der Waals surface area contributed by atoms with Gasteiger partial charge in [-0.3, -0.25) is 9.97 Å². The first-order valence-corrected chi connectivity index (χ1v) is 11.2. The zero-order chi connectivity index (χ0) is 27.6. The number of anilines is 2. The fraction of sp³-hybridized carbons (Fsp3) is 0.115. The van der Waals surface area contributed by atoms with Crippen LogP contribution in [0.15, 0.2) is 79.4 Å². The monoisotopic (exact) mass is 542 g/mol. The summed E-state index contributed by atoms with van der Waals surface area (Å²) in [7, 11) is 0. The predicted octanol–water partition coefficient (Wildman–Crippen LogP) is 6.84. The summed E-state index contributed by atoms with van der Waals surface area (Å²) in [4.78, 5) is 20.0. The highest BCUT2D eigenvalue weighted by Crippen LogP contribution is 2.37. The summed E-state index contributed by atoms with van der Waals surface area (Å²) < 4.78 is 85.3. The number of fused-ring (bicyclic) bond motifs is 1. The zero-order valence-electron chi connectivity index (χ0n) is 19.6. The second kappa shape index (κ2) is 10.2. The van der Waals surface area contributed by atoms with E-state index >= 15 is 0 Å². The first-order chi connectivity index (χ1) is 18.6. The molecule has 5 rings (SSSR count). The Morgan fingerprint density at radius 3 is 2.28 bits per heavy atom. The predicted molar refractivity (Wildman–Crippen MR) is 129 cm³/mol. The molecule has 0 atom stereocenters. The summed E-state index contributed by atoms with van der Waals surface area (Å²) in [6.07, 6.45) is -3.85. The van der Waals surface area contributed by atoms with Gasteiger partial charge in [-0.25, -0.2) is 4.98 Å². The molecule has 1 N–H and O–H groups in total. The van der Waals surface area contributed by atoms with Crippen LogP contribution in [-0.4, -0.2) is 24.9 Å². The number of nitrogens with one attached hydrogen (secondary N) is 1. The van der Waals surface area contributed by atoms with Crippen LogP contribution in [0.1, 0.15) is 16.8 Å². The largest absolute Gasteiger partial charge is 0.459 e. The van der Waals surface area contributed by atoms with E-state index in [9.17, 15) is 26.3 Å².